The lowest BCUT2D eigenvalue weighted by molar-refractivity contribution is -0.140. The van der Waals surface area contributed by atoms with E-state index in [2.05, 4.69) is 5.16 Å². The molecule has 2 aliphatic heterocycles. The van der Waals surface area contributed by atoms with Crippen molar-refractivity contribution in [1.29, 1.82) is 0 Å². The monoisotopic (exact) mass is 395 g/mol. The first-order chi connectivity index (χ1) is 14.1. The Balaban J connectivity index is 1.28. The van der Waals surface area contributed by atoms with E-state index in [-0.39, 0.29) is 18.4 Å². The number of carbonyl (C=O) groups excluding carboxylic acids is 2. The second-order valence-electron chi connectivity index (χ2n) is 8.32. The van der Waals surface area contributed by atoms with Crippen LogP contribution in [0.15, 0.2) is 40.9 Å². The van der Waals surface area contributed by atoms with Crippen LogP contribution in [-0.2, 0) is 9.53 Å². The fraction of sp³-hybridized carbons (Fsp3) is 0.500. The van der Waals surface area contributed by atoms with Gasteiger partial charge in [-0.2, -0.15) is 0 Å². The molecular weight excluding hydrogens is 370 g/mol. The van der Waals surface area contributed by atoms with Crippen LogP contribution < -0.4 is 4.90 Å². The molecule has 2 aromatic rings. The Morgan fingerprint density at radius 3 is 2.76 bits per heavy atom. The highest BCUT2D eigenvalue weighted by Gasteiger charge is 2.42. The Morgan fingerprint density at radius 1 is 1.14 bits per heavy atom. The van der Waals surface area contributed by atoms with Crippen LogP contribution in [0.3, 0.4) is 0 Å². The Labute approximate surface area is 169 Å². The maximum atomic E-state index is 12.9. The predicted molar refractivity (Wildman–Crippen MR) is 106 cm³/mol. The summed E-state index contributed by atoms with van der Waals surface area (Å²) in [5, 5.41) is 4.00. The minimum absolute atomic E-state index is 0.0193. The molecule has 1 aromatic carbocycles. The van der Waals surface area contributed by atoms with Crippen LogP contribution in [0.25, 0.3) is 0 Å². The van der Waals surface area contributed by atoms with Crippen molar-refractivity contribution in [2.24, 2.45) is 0 Å². The zero-order valence-electron chi connectivity index (χ0n) is 16.4. The van der Waals surface area contributed by atoms with E-state index in [0.717, 1.165) is 37.1 Å². The quantitative estimate of drug-likeness (QED) is 0.799. The lowest BCUT2D eigenvalue weighted by Gasteiger charge is -2.42. The standard InChI is InChI=1S/C22H25N3O4/c26-20-14-28-22(15-25(20)17-5-2-1-3-6-17)9-4-11-24(12-10-22)21(27)18-13-19(29-23-18)16-7-8-16/h1-3,5-6,13,16H,4,7-12,14-15H2. The van der Waals surface area contributed by atoms with Gasteiger partial charge in [0.1, 0.15) is 12.4 Å². The average molecular weight is 395 g/mol. The van der Waals surface area contributed by atoms with Crippen LogP contribution in [0, 0.1) is 0 Å². The fourth-order valence-electron chi connectivity index (χ4n) is 4.34. The first-order valence-corrected chi connectivity index (χ1v) is 10.4. The zero-order chi connectivity index (χ0) is 19.8. The summed E-state index contributed by atoms with van der Waals surface area (Å²) < 4.78 is 11.4. The Bertz CT molecular complexity index is 908. The molecule has 1 atom stereocenters. The smallest absolute Gasteiger partial charge is 0.276 e. The number of rotatable bonds is 3. The third kappa shape index (κ3) is 3.67. The van der Waals surface area contributed by atoms with E-state index < -0.39 is 5.60 Å². The molecule has 1 aliphatic carbocycles. The molecule has 3 aliphatic rings. The molecule has 29 heavy (non-hydrogen) atoms. The lowest BCUT2D eigenvalue weighted by atomic mass is 9.92. The summed E-state index contributed by atoms with van der Waals surface area (Å²) >= 11 is 0. The maximum absolute atomic E-state index is 12.9. The molecule has 0 radical (unpaired) electrons. The summed E-state index contributed by atoms with van der Waals surface area (Å²) in [5.74, 6) is 1.17. The van der Waals surface area contributed by atoms with Gasteiger partial charge in [-0.3, -0.25) is 9.59 Å². The van der Waals surface area contributed by atoms with Gasteiger partial charge in [-0.25, -0.2) is 0 Å². The van der Waals surface area contributed by atoms with Crippen LogP contribution in [0.2, 0.25) is 0 Å². The number of likely N-dealkylation sites (tertiary alicyclic amines) is 1. The first-order valence-electron chi connectivity index (χ1n) is 10.4. The average Bonchev–Trinajstić information content (AvgIpc) is 3.52. The van der Waals surface area contributed by atoms with Crippen molar-refractivity contribution >= 4 is 17.5 Å². The summed E-state index contributed by atoms with van der Waals surface area (Å²) in [6.45, 7) is 1.85. The van der Waals surface area contributed by atoms with Gasteiger partial charge < -0.3 is 19.1 Å². The van der Waals surface area contributed by atoms with E-state index in [1.165, 1.54) is 0 Å². The second kappa shape index (κ2) is 7.30. The molecule has 7 nitrogen and oxygen atoms in total. The van der Waals surface area contributed by atoms with Crippen LogP contribution in [0.1, 0.15) is 54.3 Å². The van der Waals surface area contributed by atoms with Crippen molar-refractivity contribution in [3.8, 4) is 0 Å². The number of hydrogen-bond donors (Lipinski definition) is 0. The third-order valence-corrected chi connectivity index (χ3v) is 6.23. The van der Waals surface area contributed by atoms with Gasteiger partial charge in [0.2, 0.25) is 0 Å². The third-order valence-electron chi connectivity index (χ3n) is 6.23. The van der Waals surface area contributed by atoms with Crippen LogP contribution in [0.4, 0.5) is 5.69 Å². The van der Waals surface area contributed by atoms with E-state index in [4.69, 9.17) is 9.26 Å². The summed E-state index contributed by atoms with van der Waals surface area (Å²) in [5.41, 5.74) is 0.878. The van der Waals surface area contributed by atoms with Crippen LogP contribution in [0.5, 0.6) is 0 Å². The van der Waals surface area contributed by atoms with Gasteiger partial charge in [0, 0.05) is 30.8 Å². The summed E-state index contributed by atoms with van der Waals surface area (Å²) in [6, 6.07) is 11.5. The topological polar surface area (TPSA) is 75.9 Å². The van der Waals surface area contributed by atoms with E-state index >= 15 is 0 Å². The van der Waals surface area contributed by atoms with Gasteiger partial charge in [-0.15, -0.1) is 0 Å². The SMILES string of the molecule is O=C(c1cc(C2CC2)on1)N1CCCC2(CC1)CN(c1ccccc1)C(=O)CO2. The van der Waals surface area contributed by atoms with Crippen LogP contribution in [-0.4, -0.2) is 53.7 Å². The number of amides is 2. The number of anilines is 1. The lowest BCUT2D eigenvalue weighted by Crippen LogP contribution is -2.55. The number of aromatic nitrogens is 1. The van der Waals surface area contributed by atoms with Gasteiger partial charge in [0.15, 0.2) is 5.69 Å². The Morgan fingerprint density at radius 2 is 1.97 bits per heavy atom. The van der Waals surface area contributed by atoms with E-state index in [9.17, 15) is 9.59 Å². The molecule has 3 heterocycles. The van der Waals surface area contributed by atoms with Crippen LogP contribution >= 0.6 is 0 Å². The summed E-state index contributed by atoms with van der Waals surface area (Å²) in [7, 11) is 0. The number of para-hydroxylation sites is 1. The van der Waals surface area contributed by atoms with Crippen molar-refractivity contribution < 1.29 is 18.8 Å². The largest absolute Gasteiger partial charge is 0.363 e. The zero-order valence-corrected chi connectivity index (χ0v) is 16.4. The molecule has 152 valence electrons. The van der Waals surface area contributed by atoms with Gasteiger partial charge in [-0.05, 0) is 44.2 Å². The van der Waals surface area contributed by atoms with Crippen molar-refractivity contribution in [2.45, 2.75) is 43.6 Å². The molecule has 1 unspecified atom stereocenters. The highest BCUT2D eigenvalue weighted by molar-refractivity contribution is 5.95. The molecule has 2 saturated heterocycles. The molecule has 0 N–H and O–H groups in total. The minimum Gasteiger partial charge on any atom is -0.363 e. The fourth-order valence-corrected chi connectivity index (χ4v) is 4.34. The number of benzene rings is 1. The van der Waals surface area contributed by atoms with E-state index in [1.807, 2.05) is 40.1 Å². The predicted octanol–water partition coefficient (Wildman–Crippen LogP) is 2.98. The molecule has 1 aromatic heterocycles. The number of nitrogens with zero attached hydrogens (tertiary/aromatic N) is 3. The molecular formula is C22H25N3O4. The normalized spacial score (nSPS) is 25.3. The molecule has 5 rings (SSSR count). The maximum Gasteiger partial charge on any atom is 0.276 e. The van der Waals surface area contributed by atoms with Gasteiger partial charge in [-0.1, -0.05) is 23.4 Å². The van der Waals surface area contributed by atoms with Crippen molar-refractivity contribution in [3.05, 3.63) is 47.9 Å². The molecule has 1 spiro atoms. The molecule has 1 saturated carbocycles. The van der Waals surface area contributed by atoms with Gasteiger partial charge in [0.05, 0.1) is 12.1 Å². The Hall–Kier alpha value is -2.67. The second-order valence-corrected chi connectivity index (χ2v) is 8.32. The number of morpholine rings is 1. The Kier molecular flexibility index (Phi) is 4.62. The molecule has 2 amide bonds. The number of ether oxygens (including phenoxy) is 1. The number of carbonyl (C=O) groups is 2. The van der Waals surface area contributed by atoms with Gasteiger partial charge in [0.25, 0.3) is 11.8 Å². The highest BCUT2D eigenvalue weighted by Crippen LogP contribution is 2.40. The van der Waals surface area contributed by atoms with E-state index in [0.29, 0.717) is 37.7 Å². The van der Waals surface area contributed by atoms with Crippen molar-refractivity contribution in [1.82, 2.24) is 10.1 Å². The first kappa shape index (κ1) is 18.4. The van der Waals surface area contributed by atoms with Crippen molar-refractivity contribution in [2.75, 3.05) is 31.1 Å². The van der Waals surface area contributed by atoms with E-state index in [1.54, 1.807) is 6.07 Å². The number of hydrogen-bond acceptors (Lipinski definition) is 5. The highest BCUT2D eigenvalue weighted by atomic mass is 16.5. The summed E-state index contributed by atoms with van der Waals surface area (Å²) in [6.07, 6.45) is 4.57. The molecule has 0 bridgehead atoms. The molecule has 3 fully saturated rings. The molecule has 7 heteroatoms. The van der Waals surface area contributed by atoms with Gasteiger partial charge >= 0.3 is 0 Å². The van der Waals surface area contributed by atoms with Crippen molar-refractivity contribution in [3.63, 3.8) is 0 Å². The summed E-state index contributed by atoms with van der Waals surface area (Å²) in [4.78, 5) is 29.0. The minimum atomic E-state index is -0.415.